The van der Waals surface area contributed by atoms with E-state index in [9.17, 15) is 30.4 Å². The molecule has 0 radical (unpaired) electrons. The number of aliphatic carboxylic acids is 1. The number of rotatable bonds is 9. The van der Waals surface area contributed by atoms with Crippen LogP contribution in [-0.2, 0) is 14.6 Å². The van der Waals surface area contributed by atoms with Gasteiger partial charge in [0.25, 0.3) is 5.92 Å². The van der Waals surface area contributed by atoms with Gasteiger partial charge in [-0.1, -0.05) is 6.92 Å². The van der Waals surface area contributed by atoms with Crippen LogP contribution in [0.4, 0.5) is 33.8 Å². The largest absolute Gasteiger partial charge is 0.490 e. The fourth-order valence-corrected chi connectivity index (χ4v) is 3.88. The van der Waals surface area contributed by atoms with E-state index in [1.165, 1.54) is 6.26 Å². The number of anilines is 2. The number of aromatic nitrogens is 3. The zero-order valence-corrected chi connectivity index (χ0v) is 19.1. The monoisotopic (exact) mass is 503 g/mol. The van der Waals surface area contributed by atoms with Crippen LogP contribution in [0.25, 0.3) is 0 Å². The van der Waals surface area contributed by atoms with Crippen LogP contribution in [0.3, 0.4) is 0 Å². The minimum absolute atomic E-state index is 0.0204. The van der Waals surface area contributed by atoms with Crippen molar-refractivity contribution in [1.29, 1.82) is 0 Å². The number of halogens is 5. The minimum Gasteiger partial charge on any atom is -0.475 e. The van der Waals surface area contributed by atoms with Crippen LogP contribution in [-0.4, -0.2) is 78.2 Å². The van der Waals surface area contributed by atoms with Gasteiger partial charge in [-0.2, -0.15) is 28.1 Å². The number of sulfone groups is 1. The van der Waals surface area contributed by atoms with Crippen molar-refractivity contribution in [3.8, 4) is 0 Å². The molecule has 2 aliphatic rings. The first-order valence-electron chi connectivity index (χ1n) is 10.1. The predicted molar refractivity (Wildman–Crippen MR) is 109 cm³/mol. The van der Waals surface area contributed by atoms with Gasteiger partial charge < -0.3 is 15.3 Å². The first-order valence-corrected chi connectivity index (χ1v) is 12.2. The number of nitrogens with one attached hydrogen (secondary N) is 1. The molecule has 1 heterocycles. The Hall–Kier alpha value is -2.32. The minimum atomic E-state index is -5.08. The maximum Gasteiger partial charge on any atom is 0.490 e. The van der Waals surface area contributed by atoms with Crippen molar-refractivity contribution in [1.82, 2.24) is 15.0 Å². The molecule has 0 aromatic carbocycles. The molecule has 2 unspecified atom stereocenters. The highest BCUT2D eigenvalue weighted by molar-refractivity contribution is 7.90. The topological polar surface area (TPSA) is 125 Å². The Morgan fingerprint density at radius 1 is 1.27 bits per heavy atom. The van der Waals surface area contributed by atoms with Gasteiger partial charge in [-0.05, 0) is 19.3 Å². The first-order chi connectivity index (χ1) is 15.0. The molecule has 188 valence electrons. The van der Waals surface area contributed by atoms with E-state index in [4.69, 9.17) is 9.90 Å². The summed E-state index contributed by atoms with van der Waals surface area (Å²) in [5.41, 5.74) is 0. The SMILES string of the molecule is CCC(CS(C)(=O)=O)Nc1nc(C2CC2)nc(N(C)CC2CC2(F)F)n1.O=C(O)C(F)(F)F. The molecule has 2 fully saturated rings. The lowest BCUT2D eigenvalue weighted by atomic mass is 10.3. The number of hydrogen-bond acceptors (Lipinski definition) is 8. The molecule has 1 aromatic rings. The molecule has 0 spiro atoms. The smallest absolute Gasteiger partial charge is 0.475 e. The highest BCUT2D eigenvalue weighted by Crippen LogP contribution is 2.49. The lowest BCUT2D eigenvalue weighted by Gasteiger charge is -2.20. The third kappa shape index (κ3) is 8.85. The summed E-state index contributed by atoms with van der Waals surface area (Å²) >= 11 is 0. The molecular formula is C18H26F5N5O4S. The standard InChI is InChI=1S/C16H25F2N5O2S.C2HF3O2/c1-4-12(9-26(3,24)25)19-14-20-13(10-5-6-10)21-15(22-14)23(2)8-11-7-16(11,17)18;3-2(4,5)1(6)7/h10-12H,4-9H2,1-3H3,(H,19,20,21,22);(H,6,7). The molecule has 2 N–H and O–H groups in total. The second-order valence-corrected chi connectivity index (χ2v) is 10.5. The van der Waals surface area contributed by atoms with Crippen molar-refractivity contribution in [2.24, 2.45) is 5.92 Å². The Morgan fingerprint density at radius 3 is 2.21 bits per heavy atom. The molecular weight excluding hydrogens is 477 g/mol. The lowest BCUT2D eigenvalue weighted by molar-refractivity contribution is -0.192. The van der Waals surface area contributed by atoms with E-state index in [1.54, 1.807) is 11.9 Å². The number of alkyl halides is 5. The van der Waals surface area contributed by atoms with Crippen LogP contribution >= 0.6 is 0 Å². The van der Waals surface area contributed by atoms with Crippen molar-refractivity contribution in [3.05, 3.63) is 5.82 Å². The average molecular weight is 503 g/mol. The maximum absolute atomic E-state index is 13.2. The fraction of sp³-hybridized carbons (Fsp3) is 0.778. The molecule has 2 saturated carbocycles. The van der Waals surface area contributed by atoms with E-state index < -0.39 is 33.8 Å². The second-order valence-electron chi connectivity index (χ2n) is 8.28. The second kappa shape index (κ2) is 9.89. The van der Waals surface area contributed by atoms with Gasteiger partial charge in [0, 0.05) is 44.1 Å². The van der Waals surface area contributed by atoms with E-state index in [2.05, 4.69) is 20.3 Å². The molecule has 3 rings (SSSR count). The Bertz CT molecular complexity index is 956. The number of carboxylic acids is 1. The molecule has 33 heavy (non-hydrogen) atoms. The Labute approximate surface area is 187 Å². The quantitative estimate of drug-likeness (QED) is 0.489. The third-order valence-electron chi connectivity index (χ3n) is 4.95. The molecule has 9 nitrogen and oxygen atoms in total. The summed E-state index contributed by atoms with van der Waals surface area (Å²) in [7, 11) is -1.45. The summed E-state index contributed by atoms with van der Waals surface area (Å²) in [6, 6.07) is -0.314. The molecule has 0 aliphatic heterocycles. The van der Waals surface area contributed by atoms with Gasteiger partial charge >= 0.3 is 12.1 Å². The highest BCUT2D eigenvalue weighted by Gasteiger charge is 2.57. The molecule has 1 aromatic heterocycles. The van der Waals surface area contributed by atoms with Crippen molar-refractivity contribution < 1.29 is 40.3 Å². The highest BCUT2D eigenvalue weighted by atomic mass is 32.2. The van der Waals surface area contributed by atoms with Gasteiger partial charge in [-0.3, -0.25) is 0 Å². The van der Waals surface area contributed by atoms with Gasteiger partial charge in [0.05, 0.1) is 5.75 Å². The summed E-state index contributed by atoms with van der Waals surface area (Å²) in [6.07, 6.45) is -1.41. The molecule has 15 heteroatoms. The summed E-state index contributed by atoms with van der Waals surface area (Å²) in [4.78, 5) is 23.7. The van der Waals surface area contributed by atoms with Gasteiger partial charge in [0.15, 0.2) is 0 Å². The van der Waals surface area contributed by atoms with E-state index in [-0.39, 0.29) is 30.7 Å². The Balaban J connectivity index is 0.000000479. The van der Waals surface area contributed by atoms with Gasteiger partial charge in [-0.25, -0.2) is 22.0 Å². The summed E-state index contributed by atoms with van der Waals surface area (Å²) in [5.74, 6) is -4.48. The van der Waals surface area contributed by atoms with Crippen LogP contribution in [0.5, 0.6) is 0 Å². The van der Waals surface area contributed by atoms with Gasteiger partial charge in [0.2, 0.25) is 11.9 Å². The Morgan fingerprint density at radius 2 is 1.82 bits per heavy atom. The normalized spacial score (nSPS) is 20.3. The van der Waals surface area contributed by atoms with Crippen molar-refractivity contribution >= 4 is 27.7 Å². The van der Waals surface area contributed by atoms with E-state index in [0.717, 1.165) is 12.8 Å². The predicted octanol–water partition coefficient (Wildman–Crippen LogP) is 2.71. The molecule has 2 aliphatic carbocycles. The van der Waals surface area contributed by atoms with Gasteiger partial charge in [-0.15, -0.1) is 0 Å². The van der Waals surface area contributed by atoms with Crippen molar-refractivity contribution in [2.75, 3.05) is 35.8 Å². The lowest BCUT2D eigenvalue weighted by Crippen LogP contribution is -2.30. The van der Waals surface area contributed by atoms with Crippen LogP contribution in [0.15, 0.2) is 0 Å². The fourth-order valence-electron chi connectivity index (χ4n) is 2.83. The van der Waals surface area contributed by atoms with Crippen LogP contribution in [0, 0.1) is 5.92 Å². The summed E-state index contributed by atoms with van der Waals surface area (Å²) in [6.45, 7) is 2.06. The third-order valence-corrected chi connectivity index (χ3v) is 5.96. The molecule has 0 bridgehead atoms. The maximum atomic E-state index is 13.2. The van der Waals surface area contributed by atoms with Crippen molar-refractivity contribution in [2.45, 2.75) is 56.7 Å². The molecule has 2 atom stereocenters. The van der Waals surface area contributed by atoms with E-state index in [0.29, 0.717) is 24.1 Å². The number of hydrogen-bond donors (Lipinski definition) is 2. The zero-order valence-electron chi connectivity index (χ0n) is 18.2. The average Bonchev–Trinajstić information content (AvgIpc) is 3.57. The first kappa shape index (κ1) is 26.9. The molecule has 0 saturated heterocycles. The van der Waals surface area contributed by atoms with Crippen LogP contribution in [0.1, 0.15) is 44.3 Å². The zero-order chi connectivity index (χ0) is 25.2. The van der Waals surface area contributed by atoms with Crippen molar-refractivity contribution in [3.63, 3.8) is 0 Å². The number of carboxylic acid groups (broad SMARTS) is 1. The van der Waals surface area contributed by atoms with Gasteiger partial charge in [0.1, 0.15) is 15.7 Å². The van der Waals surface area contributed by atoms with Crippen LogP contribution in [0.2, 0.25) is 0 Å². The van der Waals surface area contributed by atoms with Crippen LogP contribution < -0.4 is 10.2 Å². The number of carbonyl (C=O) groups is 1. The van der Waals surface area contributed by atoms with E-state index >= 15 is 0 Å². The summed E-state index contributed by atoms with van der Waals surface area (Å²) < 4.78 is 81.3. The number of nitrogens with zero attached hydrogens (tertiary/aromatic N) is 4. The molecule has 0 amide bonds. The van der Waals surface area contributed by atoms with E-state index in [1.807, 2.05) is 6.92 Å². The summed E-state index contributed by atoms with van der Waals surface area (Å²) in [5, 5.41) is 10.2. The Kier molecular flexibility index (Phi) is 8.07.